The number of ether oxygens (including phenoxy) is 1. The summed E-state index contributed by atoms with van der Waals surface area (Å²) < 4.78 is 7.23. The minimum absolute atomic E-state index is 0.394. The highest BCUT2D eigenvalue weighted by Gasteiger charge is 2.18. The number of likely N-dealkylation sites (tertiary alicyclic amines) is 1. The lowest BCUT2D eigenvalue weighted by Gasteiger charge is -2.29. The van der Waals surface area contributed by atoms with Crippen molar-refractivity contribution in [3.8, 4) is 27.6 Å². The highest BCUT2D eigenvalue weighted by atomic mass is 32.1. The quantitative estimate of drug-likeness (QED) is 0.224. The van der Waals surface area contributed by atoms with Gasteiger partial charge in [-0.15, -0.1) is 11.3 Å². The number of pyridine rings is 1. The molecule has 1 aliphatic rings. The van der Waals surface area contributed by atoms with Crippen LogP contribution in [0.5, 0.6) is 11.5 Å². The average molecular weight is 585 g/mol. The molecule has 0 saturated carbocycles. The standard InChI is InChI=1S/C24H26N6O2S.C8H10O/c1-29-9-7-17(8-10-29)28-21-6-4-16(13-26-21)15-3-5-19-18(11-15)27-14-30(19)22-12-20(32-2)23(33-22)24(25)31;1-2-7-5-3-4-6-8(7)9/h3-6,11-14,17H,7-10H2,1-2H3,(H2,25,31)(H,26,28);3-6,9H,2H2,1H3. The Kier molecular flexibility index (Phi) is 9.04. The normalized spacial score (nSPS) is 13.9. The van der Waals surface area contributed by atoms with Crippen molar-refractivity contribution in [1.29, 1.82) is 0 Å². The Morgan fingerprint density at radius 1 is 1.10 bits per heavy atom. The van der Waals surface area contributed by atoms with E-state index in [-0.39, 0.29) is 0 Å². The van der Waals surface area contributed by atoms with E-state index in [1.54, 1.807) is 18.5 Å². The van der Waals surface area contributed by atoms with Crippen LogP contribution in [-0.4, -0.2) is 63.7 Å². The second-order valence-electron chi connectivity index (χ2n) is 10.3. The lowest BCUT2D eigenvalue weighted by atomic mass is 10.1. The van der Waals surface area contributed by atoms with E-state index in [1.165, 1.54) is 18.4 Å². The molecule has 218 valence electrons. The second-order valence-corrected chi connectivity index (χ2v) is 11.3. The third kappa shape index (κ3) is 6.56. The van der Waals surface area contributed by atoms with Crippen molar-refractivity contribution in [3.05, 3.63) is 83.6 Å². The van der Waals surface area contributed by atoms with E-state index in [2.05, 4.69) is 39.4 Å². The molecule has 2 aromatic carbocycles. The number of hydrogen-bond donors (Lipinski definition) is 3. The number of amides is 1. The Hall–Kier alpha value is -4.41. The van der Waals surface area contributed by atoms with E-state index < -0.39 is 5.91 Å². The number of thiophene rings is 1. The summed E-state index contributed by atoms with van der Waals surface area (Å²) in [7, 11) is 3.69. The van der Waals surface area contributed by atoms with Crippen molar-refractivity contribution in [2.75, 3.05) is 32.6 Å². The number of primary amides is 1. The van der Waals surface area contributed by atoms with E-state index in [1.807, 2.05) is 54.1 Å². The fourth-order valence-corrected chi connectivity index (χ4v) is 5.96. The molecule has 0 bridgehead atoms. The van der Waals surface area contributed by atoms with Gasteiger partial charge in [-0.2, -0.15) is 0 Å². The van der Waals surface area contributed by atoms with Crippen molar-refractivity contribution in [3.63, 3.8) is 0 Å². The van der Waals surface area contributed by atoms with E-state index in [4.69, 9.17) is 15.6 Å². The number of hydrogen-bond acceptors (Lipinski definition) is 8. The minimum atomic E-state index is -0.504. The van der Waals surface area contributed by atoms with Crippen molar-refractivity contribution in [1.82, 2.24) is 19.4 Å². The van der Waals surface area contributed by atoms with Crippen LogP contribution in [0.3, 0.4) is 0 Å². The Bertz CT molecular complexity index is 1650. The molecular formula is C32H36N6O3S. The predicted octanol–water partition coefficient (Wildman–Crippen LogP) is 5.72. The van der Waals surface area contributed by atoms with Crippen LogP contribution in [-0.2, 0) is 6.42 Å². The molecule has 0 spiro atoms. The molecule has 0 atom stereocenters. The summed E-state index contributed by atoms with van der Waals surface area (Å²) >= 11 is 1.28. The number of phenols is 1. The topological polar surface area (TPSA) is 119 Å². The van der Waals surface area contributed by atoms with E-state index in [9.17, 15) is 4.79 Å². The SMILES string of the molecule is CCc1ccccc1O.COc1cc(-n2cnc3cc(-c4ccc(NC5CCN(C)CC5)nc4)ccc32)sc1C(N)=O. The number of aryl methyl sites for hydroxylation is 1. The zero-order chi connectivity index (χ0) is 29.6. The Labute approximate surface area is 249 Å². The molecule has 0 radical (unpaired) electrons. The first-order valence-corrected chi connectivity index (χ1v) is 14.8. The van der Waals surface area contributed by atoms with Crippen LogP contribution in [0.25, 0.3) is 27.2 Å². The van der Waals surface area contributed by atoms with Gasteiger partial charge >= 0.3 is 0 Å². The number of methoxy groups -OCH3 is 1. The van der Waals surface area contributed by atoms with Gasteiger partial charge in [0, 0.05) is 23.9 Å². The fraction of sp³-hybridized carbons (Fsp3) is 0.281. The molecular weight excluding hydrogens is 548 g/mol. The number of piperidine rings is 1. The van der Waals surface area contributed by atoms with Crippen LogP contribution in [0, 0.1) is 0 Å². The average Bonchev–Trinajstić information content (AvgIpc) is 3.63. The number of carbonyl (C=O) groups excluding carboxylic acids is 1. The zero-order valence-electron chi connectivity index (χ0n) is 24.1. The summed E-state index contributed by atoms with van der Waals surface area (Å²) in [4.78, 5) is 23.6. The summed E-state index contributed by atoms with van der Waals surface area (Å²) in [5.41, 5.74) is 10.4. The zero-order valence-corrected chi connectivity index (χ0v) is 24.9. The molecule has 1 aliphatic heterocycles. The first-order chi connectivity index (χ1) is 20.4. The van der Waals surface area contributed by atoms with Crippen LogP contribution >= 0.6 is 11.3 Å². The van der Waals surface area contributed by atoms with Gasteiger partial charge in [0.25, 0.3) is 5.91 Å². The van der Waals surface area contributed by atoms with Crippen LogP contribution in [0.4, 0.5) is 5.82 Å². The number of phenolic OH excluding ortho intramolecular Hbond substituents is 1. The van der Waals surface area contributed by atoms with Gasteiger partial charge in [0.15, 0.2) is 0 Å². The lowest BCUT2D eigenvalue weighted by molar-refractivity contribution is 0.100. The molecule has 42 heavy (non-hydrogen) atoms. The van der Waals surface area contributed by atoms with Gasteiger partial charge in [-0.3, -0.25) is 9.36 Å². The third-order valence-electron chi connectivity index (χ3n) is 7.45. The van der Waals surface area contributed by atoms with Gasteiger partial charge < -0.3 is 25.8 Å². The monoisotopic (exact) mass is 584 g/mol. The predicted molar refractivity (Wildman–Crippen MR) is 169 cm³/mol. The Balaban J connectivity index is 0.000000336. The number of para-hydroxylation sites is 1. The van der Waals surface area contributed by atoms with Crippen molar-refractivity contribution in [2.45, 2.75) is 32.2 Å². The van der Waals surface area contributed by atoms with Crippen LogP contribution in [0.2, 0.25) is 0 Å². The molecule has 0 aliphatic carbocycles. The second kappa shape index (κ2) is 13.1. The molecule has 1 saturated heterocycles. The smallest absolute Gasteiger partial charge is 0.262 e. The lowest BCUT2D eigenvalue weighted by Crippen LogP contribution is -2.36. The number of nitrogens with two attached hydrogens (primary N) is 1. The number of aromatic nitrogens is 3. The molecule has 0 unspecified atom stereocenters. The molecule has 4 heterocycles. The molecule has 5 aromatic rings. The van der Waals surface area contributed by atoms with Crippen molar-refractivity contribution >= 4 is 34.1 Å². The largest absolute Gasteiger partial charge is 0.508 e. The summed E-state index contributed by atoms with van der Waals surface area (Å²) in [5, 5.41) is 13.5. The molecule has 6 rings (SSSR count). The number of benzene rings is 2. The van der Waals surface area contributed by atoms with Gasteiger partial charge in [0.05, 0.1) is 18.1 Å². The first-order valence-electron chi connectivity index (χ1n) is 14.0. The maximum atomic E-state index is 11.7. The molecule has 4 N–H and O–H groups in total. The number of nitrogens with one attached hydrogen (secondary N) is 1. The summed E-state index contributed by atoms with van der Waals surface area (Å²) in [6.45, 7) is 4.25. The minimum Gasteiger partial charge on any atom is -0.508 e. The van der Waals surface area contributed by atoms with Crippen molar-refractivity contribution in [2.24, 2.45) is 5.73 Å². The molecule has 9 nitrogen and oxygen atoms in total. The number of rotatable bonds is 7. The first kappa shape index (κ1) is 29.1. The number of aromatic hydroxyl groups is 1. The summed E-state index contributed by atoms with van der Waals surface area (Å²) in [6, 6.07) is 19.9. The van der Waals surface area contributed by atoms with Gasteiger partial charge in [0.2, 0.25) is 0 Å². The van der Waals surface area contributed by atoms with Gasteiger partial charge in [-0.05, 0) is 80.9 Å². The Morgan fingerprint density at radius 3 is 2.48 bits per heavy atom. The molecule has 1 amide bonds. The fourth-order valence-electron chi connectivity index (χ4n) is 4.99. The van der Waals surface area contributed by atoms with Crippen molar-refractivity contribution < 1.29 is 14.6 Å². The molecule has 3 aromatic heterocycles. The van der Waals surface area contributed by atoms with E-state index in [0.717, 1.165) is 70.9 Å². The molecule has 1 fully saturated rings. The maximum absolute atomic E-state index is 11.7. The van der Waals surface area contributed by atoms with Crippen LogP contribution in [0.15, 0.2) is 73.2 Å². The number of imidazole rings is 1. The van der Waals surface area contributed by atoms with Gasteiger partial charge in [0.1, 0.15) is 33.5 Å². The maximum Gasteiger partial charge on any atom is 0.262 e. The molecule has 10 heteroatoms. The summed E-state index contributed by atoms with van der Waals surface area (Å²) in [6.07, 6.45) is 6.81. The highest BCUT2D eigenvalue weighted by molar-refractivity contribution is 7.16. The number of nitrogens with zero attached hydrogens (tertiary/aromatic N) is 4. The van der Waals surface area contributed by atoms with E-state index in [0.29, 0.717) is 22.4 Å². The van der Waals surface area contributed by atoms with Gasteiger partial charge in [-0.25, -0.2) is 9.97 Å². The Morgan fingerprint density at radius 2 is 1.86 bits per heavy atom. The van der Waals surface area contributed by atoms with E-state index >= 15 is 0 Å². The number of anilines is 1. The van der Waals surface area contributed by atoms with Gasteiger partial charge in [-0.1, -0.05) is 31.2 Å². The van der Waals surface area contributed by atoms with Crippen LogP contribution < -0.4 is 15.8 Å². The van der Waals surface area contributed by atoms with Crippen LogP contribution in [0.1, 0.15) is 35.0 Å². The third-order valence-corrected chi connectivity index (χ3v) is 8.58. The summed E-state index contributed by atoms with van der Waals surface area (Å²) in [5.74, 6) is 1.28. The number of carbonyl (C=O) groups is 1. The number of fused-ring (bicyclic) bond motifs is 1. The highest BCUT2D eigenvalue weighted by Crippen LogP contribution is 2.34.